The number of aliphatic hydroxyl groups excluding tert-OH is 1. The normalized spacial score (nSPS) is 10.4. The smallest absolute Gasteiger partial charge is 0.354 e. The van der Waals surface area contributed by atoms with Crippen LogP contribution in [0.15, 0.2) is 0 Å². The largest absolute Gasteiger partial charge is 0.477 e. The third-order valence-corrected chi connectivity index (χ3v) is 2.39. The SMILES string of the molecule is Cn1c(CCCO)c(C(=O)O)[nH]c1=S. The fourth-order valence-corrected chi connectivity index (χ4v) is 1.48. The molecule has 0 spiro atoms. The van der Waals surface area contributed by atoms with Gasteiger partial charge in [0.05, 0.1) is 5.69 Å². The molecule has 0 aromatic carbocycles. The first-order valence-corrected chi connectivity index (χ1v) is 4.60. The lowest BCUT2D eigenvalue weighted by Crippen LogP contribution is -2.06. The molecule has 0 bridgehead atoms. The average molecular weight is 216 g/mol. The van der Waals surface area contributed by atoms with Crippen LogP contribution in [0.4, 0.5) is 0 Å². The van der Waals surface area contributed by atoms with E-state index in [1.54, 1.807) is 11.6 Å². The van der Waals surface area contributed by atoms with Gasteiger partial charge in [-0.05, 0) is 25.1 Å². The number of rotatable bonds is 4. The molecular formula is C8H12N2O3S. The van der Waals surface area contributed by atoms with Crippen molar-refractivity contribution in [2.24, 2.45) is 7.05 Å². The summed E-state index contributed by atoms with van der Waals surface area (Å²) in [5.74, 6) is -1.02. The lowest BCUT2D eigenvalue weighted by atomic mass is 10.2. The first-order valence-electron chi connectivity index (χ1n) is 4.20. The molecule has 0 atom stereocenters. The monoisotopic (exact) mass is 216 g/mol. The minimum atomic E-state index is -1.02. The molecule has 0 unspecified atom stereocenters. The highest BCUT2D eigenvalue weighted by Gasteiger charge is 2.14. The van der Waals surface area contributed by atoms with E-state index in [4.69, 9.17) is 22.4 Å². The second-order valence-corrected chi connectivity index (χ2v) is 3.33. The minimum absolute atomic E-state index is 0.0387. The fraction of sp³-hybridized carbons (Fsp3) is 0.500. The van der Waals surface area contributed by atoms with Gasteiger partial charge in [0.1, 0.15) is 5.69 Å². The first-order chi connectivity index (χ1) is 6.57. The van der Waals surface area contributed by atoms with Gasteiger partial charge in [0, 0.05) is 13.7 Å². The van der Waals surface area contributed by atoms with Crippen LogP contribution < -0.4 is 0 Å². The molecule has 0 saturated carbocycles. The number of imidazole rings is 1. The maximum atomic E-state index is 10.8. The van der Waals surface area contributed by atoms with Gasteiger partial charge in [0.15, 0.2) is 4.77 Å². The Morgan fingerprint density at radius 2 is 2.29 bits per heavy atom. The molecule has 14 heavy (non-hydrogen) atoms. The number of H-pyrrole nitrogens is 1. The predicted octanol–water partition coefficient (Wildman–Crippen LogP) is 0.706. The second kappa shape index (κ2) is 4.39. The van der Waals surface area contributed by atoms with Crippen LogP contribution >= 0.6 is 12.2 Å². The molecule has 0 aliphatic rings. The van der Waals surface area contributed by atoms with Crippen molar-refractivity contribution in [1.82, 2.24) is 9.55 Å². The molecule has 1 rings (SSSR count). The molecule has 3 N–H and O–H groups in total. The summed E-state index contributed by atoms with van der Waals surface area (Å²) in [4.78, 5) is 13.4. The molecule has 0 aliphatic heterocycles. The highest BCUT2D eigenvalue weighted by Crippen LogP contribution is 2.10. The summed E-state index contributed by atoms with van der Waals surface area (Å²) < 4.78 is 2.00. The van der Waals surface area contributed by atoms with E-state index < -0.39 is 5.97 Å². The number of nitrogens with zero attached hydrogens (tertiary/aromatic N) is 1. The van der Waals surface area contributed by atoms with Gasteiger partial charge >= 0.3 is 5.97 Å². The van der Waals surface area contributed by atoms with Crippen LogP contribution in [0.2, 0.25) is 0 Å². The Kier molecular flexibility index (Phi) is 3.43. The molecular weight excluding hydrogens is 204 g/mol. The summed E-state index contributed by atoms with van der Waals surface area (Å²) in [5.41, 5.74) is 0.738. The average Bonchev–Trinajstić information content (AvgIpc) is 2.41. The summed E-state index contributed by atoms with van der Waals surface area (Å²) in [5, 5.41) is 17.5. The Bertz CT molecular complexity index is 394. The summed E-state index contributed by atoms with van der Waals surface area (Å²) in [6.07, 6.45) is 1.03. The summed E-state index contributed by atoms with van der Waals surface area (Å²) in [6.45, 7) is 0.0387. The third kappa shape index (κ3) is 2.02. The molecule has 1 aromatic rings. The van der Waals surface area contributed by atoms with Gasteiger partial charge in [-0.15, -0.1) is 0 Å². The standard InChI is InChI=1S/C8H12N2O3S/c1-10-5(3-2-4-11)6(7(12)13)9-8(10)14/h11H,2-4H2,1H3,(H,9,14)(H,12,13). The fourth-order valence-electron chi connectivity index (χ4n) is 1.27. The zero-order chi connectivity index (χ0) is 10.7. The van der Waals surface area contributed by atoms with Crippen molar-refractivity contribution in [3.05, 3.63) is 16.2 Å². The van der Waals surface area contributed by atoms with Crippen LogP contribution in [-0.2, 0) is 13.5 Å². The van der Waals surface area contributed by atoms with Gasteiger partial charge in [-0.1, -0.05) is 0 Å². The molecule has 1 heterocycles. The van der Waals surface area contributed by atoms with Crippen LogP contribution in [0.3, 0.4) is 0 Å². The number of aromatic nitrogens is 2. The van der Waals surface area contributed by atoms with E-state index in [0.29, 0.717) is 23.3 Å². The van der Waals surface area contributed by atoms with Gasteiger partial charge in [-0.2, -0.15) is 0 Å². The number of carboxylic acids is 1. The maximum Gasteiger partial charge on any atom is 0.354 e. The van der Waals surface area contributed by atoms with Crippen LogP contribution in [0.1, 0.15) is 22.6 Å². The third-order valence-electron chi connectivity index (χ3n) is 2.02. The van der Waals surface area contributed by atoms with Crippen molar-refractivity contribution in [3.8, 4) is 0 Å². The molecule has 0 radical (unpaired) electrons. The van der Waals surface area contributed by atoms with Crippen LogP contribution in [0, 0.1) is 4.77 Å². The molecule has 6 heteroatoms. The van der Waals surface area contributed by atoms with E-state index in [2.05, 4.69) is 4.98 Å². The van der Waals surface area contributed by atoms with Gasteiger partial charge in [0.2, 0.25) is 0 Å². The Labute approximate surface area is 86.0 Å². The summed E-state index contributed by atoms with van der Waals surface area (Å²) in [7, 11) is 1.71. The number of hydrogen-bond acceptors (Lipinski definition) is 3. The van der Waals surface area contributed by atoms with Crippen LogP contribution in [-0.4, -0.2) is 32.3 Å². The number of aliphatic hydroxyl groups is 1. The van der Waals surface area contributed by atoms with Gasteiger partial charge in [0.25, 0.3) is 0 Å². The number of hydrogen-bond donors (Lipinski definition) is 3. The number of aromatic amines is 1. The van der Waals surface area contributed by atoms with Crippen molar-refractivity contribution in [3.63, 3.8) is 0 Å². The maximum absolute atomic E-state index is 10.8. The molecule has 1 aromatic heterocycles. The Morgan fingerprint density at radius 1 is 1.64 bits per heavy atom. The highest BCUT2D eigenvalue weighted by molar-refractivity contribution is 7.71. The van der Waals surface area contributed by atoms with Gasteiger partial charge < -0.3 is 19.8 Å². The summed E-state index contributed by atoms with van der Waals surface area (Å²) in [6, 6.07) is 0. The van der Waals surface area contributed by atoms with Crippen molar-refractivity contribution in [2.45, 2.75) is 12.8 Å². The second-order valence-electron chi connectivity index (χ2n) is 2.94. The first kappa shape index (κ1) is 10.9. The lowest BCUT2D eigenvalue weighted by molar-refractivity contribution is 0.0689. The van der Waals surface area contributed by atoms with E-state index in [1.807, 2.05) is 0 Å². The zero-order valence-corrected chi connectivity index (χ0v) is 8.60. The predicted molar refractivity (Wildman–Crippen MR) is 53.0 cm³/mol. The van der Waals surface area contributed by atoms with E-state index in [9.17, 15) is 4.79 Å². The molecule has 0 amide bonds. The number of aromatic carboxylic acids is 1. The topological polar surface area (TPSA) is 78.2 Å². The van der Waals surface area contributed by atoms with Gasteiger partial charge in [-0.3, -0.25) is 0 Å². The van der Waals surface area contributed by atoms with E-state index in [-0.39, 0.29) is 12.3 Å². The molecule has 0 aliphatic carbocycles. The minimum Gasteiger partial charge on any atom is -0.477 e. The van der Waals surface area contributed by atoms with Crippen molar-refractivity contribution in [2.75, 3.05) is 6.61 Å². The Morgan fingerprint density at radius 3 is 2.79 bits per heavy atom. The number of nitrogens with one attached hydrogen (secondary N) is 1. The summed E-state index contributed by atoms with van der Waals surface area (Å²) >= 11 is 4.91. The Hall–Kier alpha value is -1.14. The number of carbonyl (C=O) groups is 1. The molecule has 78 valence electrons. The molecule has 0 saturated heterocycles. The van der Waals surface area contributed by atoms with Crippen molar-refractivity contribution >= 4 is 18.2 Å². The zero-order valence-electron chi connectivity index (χ0n) is 7.78. The molecule has 0 fully saturated rings. The van der Waals surface area contributed by atoms with E-state index >= 15 is 0 Å². The lowest BCUT2D eigenvalue weighted by Gasteiger charge is -2.01. The Balaban J connectivity index is 3.10. The molecule has 5 nitrogen and oxygen atoms in total. The van der Waals surface area contributed by atoms with E-state index in [1.165, 1.54) is 0 Å². The highest BCUT2D eigenvalue weighted by atomic mass is 32.1. The number of carboxylic acid groups (broad SMARTS) is 1. The van der Waals surface area contributed by atoms with Gasteiger partial charge in [-0.25, -0.2) is 4.79 Å². The quantitative estimate of drug-likeness (QED) is 0.647. The van der Waals surface area contributed by atoms with Crippen LogP contribution in [0.5, 0.6) is 0 Å². The van der Waals surface area contributed by atoms with E-state index in [0.717, 1.165) is 0 Å². The van der Waals surface area contributed by atoms with Crippen molar-refractivity contribution < 1.29 is 15.0 Å². The van der Waals surface area contributed by atoms with Crippen LogP contribution in [0.25, 0.3) is 0 Å². The van der Waals surface area contributed by atoms with Crippen molar-refractivity contribution in [1.29, 1.82) is 0 Å².